The van der Waals surface area contributed by atoms with Crippen molar-refractivity contribution in [1.82, 2.24) is 14.3 Å². The Kier molecular flexibility index (Phi) is 2.74. The van der Waals surface area contributed by atoms with Gasteiger partial charge in [-0.15, -0.1) is 0 Å². The van der Waals surface area contributed by atoms with E-state index in [9.17, 15) is 0 Å². The van der Waals surface area contributed by atoms with E-state index in [0.29, 0.717) is 11.5 Å². The highest BCUT2D eigenvalue weighted by Gasteiger charge is 2.05. The summed E-state index contributed by atoms with van der Waals surface area (Å²) < 4.78 is 4.93. The van der Waals surface area contributed by atoms with Gasteiger partial charge in [-0.25, -0.2) is 9.97 Å². The molecule has 0 amide bonds. The molecule has 5 nitrogen and oxygen atoms in total. The molecular formula is C8H9N5S2. The van der Waals surface area contributed by atoms with Gasteiger partial charge in [0.2, 0.25) is 0 Å². The van der Waals surface area contributed by atoms with E-state index in [2.05, 4.69) is 14.3 Å². The van der Waals surface area contributed by atoms with Gasteiger partial charge in [-0.2, -0.15) is 4.37 Å². The number of nitrogen functional groups attached to an aromatic ring is 2. The number of hydrogen-bond donors (Lipinski definition) is 2. The van der Waals surface area contributed by atoms with Crippen LogP contribution in [0.5, 0.6) is 0 Å². The smallest absolute Gasteiger partial charge is 0.176 e. The van der Waals surface area contributed by atoms with E-state index in [1.165, 1.54) is 23.3 Å². The zero-order valence-corrected chi connectivity index (χ0v) is 9.60. The van der Waals surface area contributed by atoms with Gasteiger partial charge in [0.15, 0.2) is 4.34 Å². The minimum absolute atomic E-state index is 0.348. The maximum absolute atomic E-state index is 5.60. The van der Waals surface area contributed by atoms with E-state index in [1.54, 1.807) is 6.07 Å². The predicted octanol–water partition coefficient (Wildman–Crippen LogP) is 1.56. The molecular weight excluding hydrogens is 230 g/mol. The van der Waals surface area contributed by atoms with Crippen LogP contribution in [0.25, 0.3) is 0 Å². The van der Waals surface area contributed by atoms with Crippen molar-refractivity contribution in [2.45, 2.75) is 16.3 Å². The van der Waals surface area contributed by atoms with Crippen molar-refractivity contribution in [3.63, 3.8) is 0 Å². The monoisotopic (exact) mass is 239 g/mol. The van der Waals surface area contributed by atoms with Gasteiger partial charge in [-0.1, -0.05) is 0 Å². The highest BCUT2D eigenvalue weighted by molar-refractivity contribution is 8.00. The van der Waals surface area contributed by atoms with E-state index < -0.39 is 0 Å². The first-order valence-electron chi connectivity index (χ1n) is 4.15. The SMILES string of the molecule is Cc1nsc(Sc2ccc(N)c(N)n2)n1. The molecule has 2 rings (SSSR count). The lowest BCUT2D eigenvalue weighted by atomic mass is 10.4. The van der Waals surface area contributed by atoms with Crippen LogP contribution in [0.15, 0.2) is 21.5 Å². The van der Waals surface area contributed by atoms with Crippen LogP contribution in [-0.2, 0) is 0 Å². The summed E-state index contributed by atoms with van der Waals surface area (Å²) in [5.41, 5.74) is 11.7. The Labute approximate surface area is 95.1 Å². The second kappa shape index (κ2) is 4.03. The summed E-state index contributed by atoms with van der Waals surface area (Å²) in [6, 6.07) is 3.55. The average Bonchev–Trinajstić information content (AvgIpc) is 2.58. The summed E-state index contributed by atoms with van der Waals surface area (Å²) in [7, 11) is 0. The molecule has 0 atom stereocenters. The number of aryl methyl sites for hydroxylation is 1. The van der Waals surface area contributed by atoms with Gasteiger partial charge in [0, 0.05) is 0 Å². The number of hydrogen-bond acceptors (Lipinski definition) is 7. The van der Waals surface area contributed by atoms with Crippen LogP contribution in [0.1, 0.15) is 5.82 Å². The van der Waals surface area contributed by atoms with Crippen LogP contribution in [0.2, 0.25) is 0 Å². The molecule has 0 saturated carbocycles. The summed E-state index contributed by atoms with van der Waals surface area (Å²) in [5, 5.41) is 0.776. The first-order valence-corrected chi connectivity index (χ1v) is 5.74. The molecule has 0 bridgehead atoms. The van der Waals surface area contributed by atoms with Crippen molar-refractivity contribution in [3.05, 3.63) is 18.0 Å². The quantitative estimate of drug-likeness (QED) is 0.826. The van der Waals surface area contributed by atoms with Gasteiger partial charge in [-0.3, -0.25) is 0 Å². The fourth-order valence-electron chi connectivity index (χ4n) is 0.933. The van der Waals surface area contributed by atoms with Crippen molar-refractivity contribution < 1.29 is 0 Å². The van der Waals surface area contributed by atoms with Crippen LogP contribution < -0.4 is 11.5 Å². The lowest BCUT2D eigenvalue weighted by molar-refractivity contribution is 1.09. The first-order chi connectivity index (χ1) is 7.15. The third kappa shape index (κ3) is 2.37. The number of nitrogens with zero attached hydrogens (tertiary/aromatic N) is 3. The number of aromatic nitrogens is 3. The minimum Gasteiger partial charge on any atom is -0.396 e. The Morgan fingerprint density at radius 2 is 2.07 bits per heavy atom. The molecule has 2 aromatic rings. The van der Waals surface area contributed by atoms with Gasteiger partial charge in [0.05, 0.1) is 5.69 Å². The Bertz CT molecular complexity index is 482. The molecule has 0 saturated heterocycles. The van der Waals surface area contributed by atoms with E-state index >= 15 is 0 Å². The fourth-order valence-corrected chi connectivity index (χ4v) is 2.51. The van der Waals surface area contributed by atoms with Crippen molar-refractivity contribution in [2.75, 3.05) is 11.5 Å². The molecule has 0 radical (unpaired) electrons. The zero-order chi connectivity index (χ0) is 10.8. The molecule has 0 aromatic carbocycles. The third-order valence-electron chi connectivity index (χ3n) is 1.63. The van der Waals surface area contributed by atoms with Crippen LogP contribution >= 0.6 is 23.3 Å². The standard InChI is InChI=1S/C8H9N5S2/c1-4-11-8(15-13-4)14-6-3-2-5(9)7(10)12-6/h2-3H,9H2,1H3,(H2,10,12). The number of anilines is 2. The molecule has 78 valence electrons. The Morgan fingerprint density at radius 1 is 1.27 bits per heavy atom. The highest BCUT2D eigenvalue weighted by atomic mass is 32.2. The third-order valence-corrected chi connectivity index (χ3v) is 3.41. The fraction of sp³-hybridized carbons (Fsp3) is 0.125. The van der Waals surface area contributed by atoms with E-state index in [0.717, 1.165) is 15.2 Å². The summed E-state index contributed by atoms with van der Waals surface area (Å²) in [6.07, 6.45) is 0. The van der Waals surface area contributed by atoms with E-state index in [4.69, 9.17) is 11.5 Å². The number of pyridine rings is 1. The molecule has 7 heteroatoms. The molecule has 0 aliphatic heterocycles. The largest absolute Gasteiger partial charge is 0.396 e. The van der Waals surface area contributed by atoms with Crippen molar-refractivity contribution in [3.8, 4) is 0 Å². The van der Waals surface area contributed by atoms with Crippen LogP contribution in [0.4, 0.5) is 11.5 Å². The molecule has 0 aliphatic carbocycles. The molecule has 2 heterocycles. The molecule has 15 heavy (non-hydrogen) atoms. The highest BCUT2D eigenvalue weighted by Crippen LogP contribution is 2.28. The maximum Gasteiger partial charge on any atom is 0.176 e. The minimum atomic E-state index is 0.348. The Morgan fingerprint density at radius 3 is 2.67 bits per heavy atom. The lowest BCUT2D eigenvalue weighted by Crippen LogP contribution is -1.97. The summed E-state index contributed by atoms with van der Waals surface area (Å²) >= 11 is 2.77. The Hall–Kier alpha value is -1.34. The van der Waals surface area contributed by atoms with Crippen LogP contribution in [-0.4, -0.2) is 14.3 Å². The molecule has 0 aliphatic rings. The number of nitrogens with two attached hydrogens (primary N) is 2. The summed E-state index contributed by atoms with van der Waals surface area (Å²) in [4.78, 5) is 8.35. The van der Waals surface area contributed by atoms with Gasteiger partial charge < -0.3 is 11.5 Å². The van der Waals surface area contributed by atoms with Gasteiger partial charge >= 0.3 is 0 Å². The van der Waals surface area contributed by atoms with Crippen LogP contribution in [0.3, 0.4) is 0 Å². The lowest BCUT2D eigenvalue weighted by Gasteiger charge is -2.00. The average molecular weight is 239 g/mol. The maximum atomic E-state index is 5.60. The van der Waals surface area contributed by atoms with Gasteiger partial charge in [-0.05, 0) is 42.4 Å². The van der Waals surface area contributed by atoms with E-state index in [1.807, 2.05) is 13.0 Å². The second-order valence-corrected chi connectivity index (χ2v) is 4.85. The Balaban J connectivity index is 2.21. The summed E-state index contributed by atoms with van der Waals surface area (Å²) in [6.45, 7) is 1.85. The first kappa shape index (κ1) is 10.2. The molecule has 4 N–H and O–H groups in total. The molecule has 0 spiro atoms. The predicted molar refractivity (Wildman–Crippen MR) is 61.8 cm³/mol. The molecule has 0 unspecified atom stereocenters. The van der Waals surface area contributed by atoms with Crippen LogP contribution in [0, 0.1) is 6.92 Å². The van der Waals surface area contributed by atoms with Gasteiger partial charge in [0.1, 0.15) is 16.7 Å². The molecule has 0 fully saturated rings. The topological polar surface area (TPSA) is 90.7 Å². The van der Waals surface area contributed by atoms with Crippen molar-refractivity contribution >= 4 is 34.8 Å². The molecule has 2 aromatic heterocycles. The second-order valence-electron chi connectivity index (χ2n) is 2.83. The van der Waals surface area contributed by atoms with Crippen molar-refractivity contribution in [1.29, 1.82) is 0 Å². The van der Waals surface area contributed by atoms with Crippen molar-refractivity contribution in [2.24, 2.45) is 0 Å². The normalized spacial score (nSPS) is 10.5. The van der Waals surface area contributed by atoms with E-state index in [-0.39, 0.29) is 0 Å². The zero-order valence-electron chi connectivity index (χ0n) is 7.97. The van der Waals surface area contributed by atoms with Gasteiger partial charge in [0.25, 0.3) is 0 Å². The number of rotatable bonds is 2. The summed E-state index contributed by atoms with van der Waals surface area (Å²) in [5.74, 6) is 1.12.